The van der Waals surface area contributed by atoms with Gasteiger partial charge in [0.05, 0.1) is 18.1 Å². The zero-order valence-electron chi connectivity index (χ0n) is 11.5. The lowest BCUT2D eigenvalue weighted by atomic mass is 10.2. The monoisotopic (exact) mass is 282 g/mol. The van der Waals surface area contributed by atoms with Gasteiger partial charge < -0.3 is 14.8 Å². The number of nitrogens with zero attached hydrogens (tertiary/aromatic N) is 1. The number of esters is 1. The summed E-state index contributed by atoms with van der Waals surface area (Å²) in [6.07, 6.45) is 0.748. The maximum absolute atomic E-state index is 11.2. The van der Waals surface area contributed by atoms with E-state index in [4.69, 9.17) is 9.47 Å². The van der Waals surface area contributed by atoms with Crippen LogP contribution in [0.15, 0.2) is 18.2 Å². The third kappa shape index (κ3) is 4.75. The fourth-order valence-corrected chi connectivity index (χ4v) is 1.49. The average molecular weight is 282 g/mol. The Balaban J connectivity index is 2.78. The second kappa shape index (κ2) is 7.98. The smallest absolute Gasteiger partial charge is 0.325 e. The van der Waals surface area contributed by atoms with Crippen LogP contribution >= 0.6 is 0 Å². The molecule has 1 aromatic carbocycles. The summed E-state index contributed by atoms with van der Waals surface area (Å²) in [6.45, 7) is 4.34. The number of hydrogen-bond acceptors (Lipinski definition) is 6. The van der Waals surface area contributed by atoms with Crippen molar-refractivity contribution in [2.45, 2.75) is 20.3 Å². The minimum Gasteiger partial charge on any atom is -0.487 e. The van der Waals surface area contributed by atoms with Crippen LogP contribution < -0.4 is 10.1 Å². The SMILES string of the molecule is CCCOc1cc(NCC(=O)OCC)ccc1[N+](=O)[O-]. The molecule has 7 nitrogen and oxygen atoms in total. The molecule has 0 radical (unpaired) electrons. The van der Waals surface area contributed by atoms with Crippen molar-refractivity contribution in [1.82, 2.24) is 0 Å². The van der Waals surface area contributed by atoms with Gasteiger partial charge in [-0.15, -0.1) is 0 Å². The Morgan fingerprint density at radius 3 is 2.75 bits per heavy atom. The molecule has 0 bridgehead atoms. The number of ether oxygens (including phenoxy) is 2. The molecule has 0 unspecified atom stereocenters. The number of nitro benzene ring substituents is 1. The molecule has 110 valence electrons. The number of anilines is 1. The summed E-state index contributed by atoms with van der Waals surface area (Å²) in [5.41, 5.74) is 0.467. The van der Waals surface area contributed by atoms with Gasteiger partial charge in [-0.1, -0.05) is 6.92 Å². The van der Waals surface area contributed by atoms with Gasteiger partial charge in [0.2, 0.25) is 0 Å². The maximum atomic E-state index is 11.2. The second-order valence-electron chi connectivity index (χ2n) is 3.95. The van der Waals surface area contributed by atoms with Gasteiger partial charge in [0, 0.05) is 17.8 Å². The first-order valence-electron chi connectivity index (χ1n) is 6.39. The van der Waals surface area contributed by atoms with E-state index in [2.05, 4.69) is 5.32 Å². The number of carbonyl (C=O) groups excluding carboxylic acids is 1. The molecule has 20 heavy (non-hydrogen) atoms. The molecule has 0 aromatic heterocycles. The van der Waals surface area contributed by atoms with Crippen LogP contribution in [0.5, 0.6) is 5.75 Å². The summed E-state index contributed by atoms with van der Waals surface area (Å²) in [7, 11) is 0. The van der Waals surface area contributed by atoms with Crippen molar-refractivity contribution in [3.05, 3.63) is 28.3 Å². The molecule has 0 atom stereocenters. The van der Waals surface area contributed by atoms with Gasteiger partial charge in [0.15, 0.2) is 5.75 Å². The van der Waals surface area contributed by atoms with E-state index in [1.807, 2.05) is 6.92 Å². The largest absolute Gasteiger partial charge is 0.487 e. The predicted octanol–water partition coefficient (Wildman–Crippen LogP) is 2.36. The van der Waals surface area contributed by atoms with Crippen molar-refractivity contribution in [3.63, 3.8) is 0 Å². The number of carbonyl (C=O) groups is 1. The van der Waals surface area contributed by atoms with Crippen LogP contribution in [0.4, 0.5) is 11.4 Å². The first-order chi connectivity index (χ1) is 9.58. The maximum Gasteiger partial charge on any atom is 0.325 e. The lowest BCUT2D eigenvalue weighted by Crippen LogP contribution is -2.16. The van der Waals surface area contributed by atoms with Gasteiger partial charge in [0.1, 0.15) is 6.54 Å². The van der Waals surface area contributed by atoms with Crippen LogP contribution in [-0.2, 0) is 9.53 Å². The van der Waals surface area contributed by atoms with E-state index in [1.54, 1.807) is 6.92 Å². The number of nitro groups is 1. The molecular formula is C13H18N2O5. The minimum absolute atomic E-state index is 0.00112. The number of benzene rings is 1. The van der Waals surface area contributed by atoms with Crippen LogP contribution in [0.25, 0.3) is 0 Å². The lowest BCUT2D eigenvalue weighted by molar-refractivity contribution is -0.385. The first-order valence-corrected chi connectivity index (χ1v) is 6.39. The molecule has 0 amide bonds. The molecule has 1 rings (SSSR count). The summed E-state index contributed by atoms with van der Waals surface area (Å²) >= 11 is 0. The van der Waals surface area contributed by atoms with Crippen molar-refractivity contribution < 1.29 is 19.2 Å². The van der Waals surface area contributed by atoms with Gasteiger partial charge in [0.25, 0.3) is 0 Å². The summed E-state index contributed by atoms with van der Waals surface area (Å²) in [5.74, 6) is -0.201. The highest BCUT2D eigenvalue weighted by Gasteiger charge is 2.15. The highest BCUT2D eigenvalue weighted by Crippen LogP contribution is 2.30. The average Bonchev–Trinajstić information content (AvgIpc) is 2.43. The minimum atomic E-state index is -0.500. The van der Waals surface area contributed by atoms with Gasteiger partial charge in [-0.2, -0.15) is 0 Å². The fourth-order valence-electron chi connectivity index (χ4n) is 1.49. The van der Waals surface area contributed by atoms with E-state index in [0.717, 1.165) is 6.42 Å². The Labute approximate surface area is 117 Å². The molecule has 0 fully saturated rings. The standard InChI is InChI=1S/C13H18N2O5/c1-3-7-20-12-8-10(5-6-11(12)15(17)18)14-9-13(16)19-4-2/h5-6,8,14H,3-4,7,9H2,1-2H3. The highest BCUT2D eigenvalue weighted by atomic mass is 16.6. The van der Waals surface area contributed by atoms with Crippen LogP contribution in [0.2, 0.25) is 0 Å². The van der Waals surface area contributed by atoms with E-state index >= 15 is 0 Å². The van der Waals surface area contributed by atoms with Gasteiger partial charge >= 0.3 is 11.7 Å². The van der Waals surface area contributed by atoms with E-state index in [-0.39, 0.29) is 24.0 Å². The van der Waals surface area contributed by atoms with E-state index in [9.17, 15) is 14.9 Å². The Morgan fingerprint density at radius 2 is 2.15 bits per heavy atom. The molecule has 0 saturated carbocycles. The second-order valence-corrected chi connectivity index (χ2v) is 3.95. The topological polar surface area (TPSA) is 90.7 Å². The number of rotatable bonds is 8. The Hall–Kier alpha value is -2.31. The summed E-state index contributed by atoms with van der Waals surface area (Å²) in [5, 5.41) is 13.7. The van der Waals surface area contributed by atoms with E-state index in [0.29, 0.717) is 18.9 Å². The zero-order valence-corrected chi connectivity index (χ0v) is 11.5. The molecular weight excluding hydrogens is 264 g/mol. The summed E-state index contributed by atoms with van der Waals surface area (Å²) in [6, 6.07) is 4.38. The van der Waals surface area contributed by atoms with Crippen LogP contribution in [0.3, 0.4) is 0 Å². The van der Waals surface area contributed by atoms with Gasteiger partial charge in [-0.25, -0.2) is 0 Å². The molecule has 0 aliphatic heterocycles. The van der Waals surface area contributed by atoms with Crippen LogP contribution in [-0.4, -0.2) is 30.7 Å². The molecule has 1 aromatic rings. The van der Waals surface area contributed by atoms with Crippen molar-refractivity contribution in [3.8, 4) is 5.75 Å². The molecule has 7 heteroatoms. The lowest BCUT2D eigenvalue weighted by Gasteiger charge is -2.09. The molecule has 0 saturated heterocycles. The van der Waals surface area contributed by atoms with Crippen molar-refractivity contribution in [2.75, 3.05) is 25.1 Å². The van der Waals surface area contributed by atoms with E-state index < -0.39 is 4.92 Å². The molecule has 0 aliphatic carbocycles. The third-order valence-corrected chi connectivity index (χ3v) is 2.36. The molecule has 1 N–H and O–H groups in total. The quantitative estimate of drug-likeness (QED) is 0.447. The van der Waals surface area contributed by atoms with Crippen LogP contribution in [0.1, 0.15) is 20.3 Å². The summed E-state index contributed by atoms with van der Waals surface area (Å²) in [4.78, 5) is 21.6. The number of nitrogens with one attached hydrogen (secondary N) is 1. The van der Waals surface area contributed by atoms with Crippen molar-refractivity contribution >= 4 is 17.3 Å². The normalized spacial score (nSPS) is 9.90. The molecule has 0 heterocycles. The summed E-state index contributed by atoms with van der Waals surface area (Å²) < 4.78 is 10.1. The van der Waals surface area contributed by atoms with E-state index in [1.165, 1.54) is 18.2 Å². The Morgan fingerprint density at radius 1 is 1.40 bits per heavy atom. The van der Waals surface area contributed by atoms with Crippen molar-refractivity contribution in [2.24, 2.45) is 0 Å². The van der Waals surface area contributed by atoms with Crippen LogP contribution in [0, 0.1) is 10.1 Å². The highest BCUT2D eigenvalue weighted by molar-refractivity contribution is 5.75. The predicted molar refractivity (Wildman–Crippen MR) is 74.0 cm³/mol. The molecule has 0 aliphatic rings. The van der Waals surface area contributed by atoms with Crippen molar-refractivity contribution in [1.29, 1.82) is 0 Å². The molecule has 0 spiro atoms. The Kier molecular flexibility index (Phi) is 6.28. The van der Waals surface area contributed by atoms with Gasteiger partial charge in [-0.05, 0) is 19.4 Å². The first kappa shape index (κ1) is 15.7. The third-order valence-electron chi connectivity index (χ3n) is 2.36. The zero-order chi connectivity index (χ0) is 15.0. The number of hydrogen-bond donors (Lipinski definition) is 1. The Bertz CT molecular complexity index is 476. The van der Waals surface area contributed by atoms with Gasteiger partial charge in [-0.3, -0.25) is 14.9 Å². The fraction of sp³-hybridized carbons (Fsp3) is 0.462.